The zero-order valence-electron chi connectivity index (χ0n) is 21.2. The summed E-state index contributed by atoms with van der Waals surface area (Å²) in [5.74, 6) is -0.526. The average Bonchev–Trinajstić information content (AvgIpc) is 3.13. The number of nitrogens with one attached hydrogen (secondary N) is 1. The number of pyridine rings is 1. The summed E-state index contributed by atoms with van der Waals surface area (Å²) in [5, 5.41) is 14.0. The third-order valence-electron chi connectivity index (χ3n) is 7.13. The Hall–Kier alpha value is -3.56. The first-order valence-electron chi connectivity index (χ1n) is 12.5. The Morgan fingerprint density at radius 2 is 2.05 bits per heavy atom. The van der Waals surface area contributed by atoms with Gasteiger partial charge in [0.15, 0.2) is 17.2 Å². The Balaban J connectivity index is 1.57. The van der Waals surface area contributed by atoms with Gasteiger partial charge in [-0.15, -0.1) is 0 Å². The van der Waals surface area contributed by atoms with E-state index in [9.17, 15) is 9.90 Å². The van der Waals surface area contributed by atoms with Crippen molar-refractivity contribution in [2.75, 3.05) is 26.2 Å². The number of nitrogens with zero attached hydrogens (tertiary/aromatic N) is 2. The van der Waals surface area contributed by atoms with Crippen molar-refractivity contribution in [1.82, 2.24) is 15.2 Å². The fourth-order valence-electron chi connectivity index (χ4n) is 5.25. The maximum absolute atomic E-state index is 15.1. The highest BCUT2D eigenvalue weighted by molar-refractivity contribution is 6.35. The Morgan fingerprint density at radius 1 is 1.24 bits per heavy atom. The highest BCUT2D eigenvalue weighted by Crippen LogP contribution is 2.49. The number of ether oxygens (including phenoxy) is 3. The van der Waals surface area contributed by atoms with Gasteiger partial charge in [0.1, 0.15) is 40.1 Å². The van der Waals surface area contributed by atoms with Crippen LogP contribution in [0.3, 0.4) is 0 Å². The SMILES string of the molecule is Cc1ccc(F)c(-c2nc(Oc3cccc4c3OC(C)(C)C4)c3c(c2Cl)OC[C@H]2CNCCN2C3=O)c1O. The molecule has 0 unspecified atom stereocenters. The number of halogens is 2. The van der Waals surface area contributed by atoms with E-state index in [1.165, 1.54) is 12.1 Å². The molecule has 0 spiro atoms. The van der Waals surface area contributed by atoms with E-state index in [0.717, 1.165) is 5.56 Å². The summed E-state index contributed by atoms with van der Waals surface area (Å²) < 4.78 is 33.7. The van der Waals surface area contributed by atoms with Gasteiger partial charge in [-0.05, 0) is 38.5 Å². The van der Waals surface area contributed by atoms with Crippen LogP contribution in [0.1, 0.15) is 35.3 Å². The van der Waals surface area contributed by atoms with Crippen molar-refractivity contribution in [2.24, 2.45) is 0 Å². The molecule has 198 valence electrons. The second-order valence-electron chi connectivity index (χ2n) is 10.4. The number of aryl methyl sites for hydroxylation is 1. The lowest BCUT2D eigenvalue weighted by Crippen LogP contribution is -2.54. The molecule has 10 heteroatoms. The zero-order chi connectivity index (χ0) is 26.8. The number of rotatable bonds is 3. The molecule has 2 aromatic carbocycles. The topological polar surface area (TPSA) is 93.2 Å². The molecule has 3 aliphatic heterocycles. The molecule has 38 heavy (non-hydrogen) atoms. The summed E-state index contributed by atoms with van der Waals surface area (Å²) in [6.07, 6.45) is 0.684. The molecular formula is C28H27ClFN3O5. The van der Waals surface area contributed by atoms with Gasteiger partial charge >= 0.3 is 0 Å². The van der Waals surface area contributed by atoms with Gasteiger partial charge in [-0.3, -0.25) is 4.79 Å². The van der Waals surface area contributed by atoms with E-state index in [1.54, 1.807) is 17.9 Å². The summed E-state index contributed by atoms with van der Waals surface area (Å²) in [6, 6.07) is 7.98. The number of hydrogen-bond donors (Lipinski definition) is 2. The van der Waals surface area contributed by atoms with Gasteiger partial charge in [0.2, 0.25) is 5.88 Å². The van der Waals surface area contributed by atoms with Crippen LogP contribution in [0.15, 0.2) is 30.3 Å². The van der Waals surface area contributed by atoms with E-state index in [-0.39, 0.29) is 57.8 Å². The largest absolute Gasteiger partial charge is 0.507 e. The minimum absolute atomic E-state index is 0.0418. The first kappa shape index (κ1) is 24.8. The van der Waals surface area contributed by atoms with Crippen molar-refractivity contribution >= 4 is 17.5 Å². The molecule has 0 aliphatic carbocycles. The molecule has 1 aromatic heterocycles. The number of aromatic hydroxyl groups is 1. The van der Waals surface area contributed by atoms with Crippen LogP contribution >= 0.6 is 11.6 Å². The molecule has 0 saturated carbocycles. The Bertz CT molecular complexity index is 1480. The molecule has 1 atom stereocenters. The van der Waals surface area contributed by atoms with Gasteiger partial charge in [-0.1, -0.05) is 29.8 Å². The number of carbonyl (C=O) groups is 1. The van der Waals surface area contributed by atoms with Gasteiger partial charge in [0, 0.05) is 31.6 Å². The van der Waals surface area contributed by atoms with E-state index in [1.807, 2.05) is 26.0 Å². The fraction of sp³-hybridized carbons (Fsp3) is 0.357. The number of phenols is 1. The standard InChI is InChI=1S/C28H27ClFN3O5/c1-14-7-8-17(30)19(23(14)34)22-21(29)25-20(27(35)33-10-9-31-12-16(33)13-36-25)26(32-22)37-18-6-4-5-15-11-28(2,3)38-24(15)18/h4-8,16,31,34H,9-13H2,1-3H3/t16-/m1/s1. The predicted molar refractivity (Wildman–Crippen MR) is 139 cm³/mol. The number of fused-ring (bicyclic) bond motifs is 3. The van der Waals surface area contributed by atoms with Crippen molar-refractivity contribution in [1.29, 1.82) is 0 Å². The first-order chi connectivity index (χ1) is 18.1. The second kappa shape index (κ2) is 9.03. The van der Waals surface area contributed by atoms with E-state index in [4.69, 9.17) is 25.8 Å². The minimum Gasteiger partial charge on any atom is -0.507 e. The van der Waals surface area contributed by atoms with Gasteiger partial charge in [0.25, 0.3) is 5.91 Å². The highest BCUT2D eigenvalue weighted by Gasteiger charge is 2.39. The van der Waals surface area contributed by atoms with Crippen LogP contribution in [0, 0.1) is 12.7 Å². The number of amides is 1. The normalized spacial score (nSPS) is 19.6. The second-order valence-corrected chi connectivity index (χ2v) is 10.8. The van der Waals surface area contributed by atoms with Crippen LogP contribution in [0.2, 0.25) is 5.02 Å². The van der Waals surface area contributed by atoms with Crippen LogP contribution in [0.5, 0.6) is 28.9 Å². The van der Waals surface area contributed by atoms with E-state index < -0.39 is 11.4 Å². The predicted octanol–water partition coefficient (Wildman–Crippen LogP) is 4.87. The van der Waals surface area contributed by atoms with Gasteiger partial charge in [0.05, 0.1) is 11.6 Å². The third-order valence-corrected chi connectivity index (χ3v) is 7.48. The Labute approximate surface area is 224 Å². The molecule has 0 bridgehead atoms. The van der Waals surface area contributed by atoms with Crippen LogP contribution < -0.4 is 19.5 Å². The molecular weight excluding hydrogens is 513 g/mol. The number of para-hydroxylation sites is 1. The number of benzene rings is 2. The van der Waals surface area contributed by atoms with Crippen LogP contribution in [0.25, 0.3) is 11.3 Å². The molecule has 3 aromatic rings. The smallest absolute Gasteiger partial charge is 0.263 e. The quantitative estimate of drug-likeness (QED) is 0.490. The molecule has 3 aliphatic rings. The molecule has 1 saturated heterocycles. The van der Waals surface area contributed by atoms with Crippen molar-refractivity contribution in [3.63, 3.8) is 0 Å². The average molecular weight is 540 g/mol. The number of phenolic OH excluding ortho intramolecular Hbond substituents is 1. The summed E-state index contributed by atoms with van der Waals surface area (Å²) in [7, 11) is 0. The molecule has 1 fully saturated rings. The molecule has 1 amide bonds. The molecule has 8 nitrogen and oxygen atoms in total. The first-order valence-corrected chi connectivity index (χ1v) is 12.9. The third kappa shape index (κ3) is 4.01. The van der Waals surface area contributed by atoms with Crippen LogP contribution in [-0.4, -0.2) is 58.8 Å². The number of aromatic nitrogens is 1. The van der Waals surface area contributed by atoms with Crippen LogP contribution in [0.4, 0.5) is 4.39 Å². The van der Waals surface area contributed by atoms with E-state index in [0.29, 0.717) is 43.1 Å². The Kier molecular flexibility index (Phi) is 5.88. The van der Waals surface area contributed by atoms with E-state index in [2.05, 4.69) is 10.3 Å². The van der Waals surface area contributed by atoms with Gasteiger partial charge in [-0.2, -0.15) is 0 Å². The van der Waals surface area contributed by atoms with Gasteiger partial charge in [-0.25, -0.2) is 9.37 Å². The highest BCUT2D eigenvalue weighted by atomic mass is 35.5. The summed E-state index contributed by atoms with van der Waals surface area (Å²) in [6.45, 7) is 7.43. The molecule has 6 rings (SSSR count). The molecule has 2 N–H and O–H groups in total. The monoisotopic (exact) mass is 539 g/mol. The summed E-state index contributed by atoms with van der Waals surface area (Å²) in [4.78, 5) is 20.2. The lowest BCUT2D eigenvalue weighted by molar-refractivity contribution is 0.0604. The zero-order valence-corrected chi connectivity index (χ0v) is 22.0. The molecule has 0 radical (unpaired) electrons. The van der Waals surface area contributed by atoms with Gasteiger partial charge < -0.3 is 29.5 Å². The van der Waals surface area contributed by atoms with Crippen molar-refractivity contribution in [3.05, 3.63) is 57.9 Å². The lowest BCUT2D eigenvalue weighted by Gasteiger charge is -2.33. The summed E-state index contributed by atoms with van der Waals surface area (Å²) >= 11 is 6.77. The Morgan fingerprint density at radius 3 is 2.87 bits per heavy atom. The fourth-order valence-corrected chi connectivity index (χ4v) is 5.54. The molecule has 4 heterocycles. The maximum Gasteiger partial charge on any atom is 0.263 e. The van der Waals surface area contributed by atoms with Crippen LogP contribution in [-0.2, 0) is 6.42 Å². The number of carbonyl (C=O) groups excluding carboxylic acids is 1. The van der Waals surface area contributed by atoms with E-state index >= 15 is 4.39 Å². The van der Waals surface area contributed by atoms with Crippen molar-refractivity contribution in [3.8, 4) is 40.1 Å². The maximum atomic E-state index is 15.1. The number of piperazine rings is 1. The lowest BCUT2D eigenvalue weighted by atomic mass is 10.0. The summed E-state index contributed by atoms with van der Waals surface area (Å²) in [5.41, 5.74) is 0.733. The van der Waals surface area contributed by atoms with Crippen molar-refractivity contribution in [2.45, 2.75) is 38.8 Å². The van der Waals surface area contributed by atoms with Crippen molar-refractivity contribution < 1.29 is 28.5 Å². The number of hydrogen-bond acceptors (Lipinski definition) is 7. The minimum atomic E-state index is -0.722.